The van der Waals surface area contributed by atoms with E-state index >= 15 is 0 Å². The van der Waals surface area contributed by atoms with Crippen LogP contribution in [0.15, 0.2) is 90.0 Å². The van der Waals surface area contributed by atoms with Gasteiger partial charge in [0.05, 0.1) is 10.9 Å². The van der Waals surface area contributed by atoms with E-state index in [1.54, 1.807) is 6.20 Å². The van der Waals surface area contributed by atoms with Gasteiger partial charge in [0.15, 0.2) is 5.78 Å². The van der Waals surface area contributed by atoms with Crippen molar-refractivity contribution in [1.29, 1.82) is 0 Å². The number of ketones is 1. The fraction of sp³-hybridized carbons (Fsp3) is 0.222. The molecule has 0 saturated carbocycles. The van der Waals surface area contributed by atoms with Crippen LogP contribution in [0.5, 0.6) is 0 Å². The fourth-order valence-electron chi connectivity index (χ4n) is 4.76. The highest BCUT2D eigenvalue weighted by Gasteiger charge is 2.33. The van der Waals surface area contributed by atoms with Gasteiger partial charge in [-0.15, -0.1) is 0 Å². The van der Waals surface area contributed by atoms with Crippen LogP contribution in [0.3, 0.4) is 0 Å². The SMILES string of the molecule is O=C(c1c[nH]c2ccccc12)C(c1ccccc1)N1CCC(NS(=O)(=O)c2ccc(F)cc2)CC1. The smallest absolute Gasteiger partial charge is 0.240 e. The third-order valence-corrected chi connectivity index (χ3v) is 8.10. The molecule has 0 aliphatic carbocycles. The lowest BCUT2D eigenvalue weighted by molar-refractivity contribution is 0.0767. The molecule has 35 heavy (non-hydrogen) atoms. The standard InChI is InChI=1S/C27H26FN3O3S/c28-20-10-12-22(13-11-20)35(33,34)30-21-14-16-31(17-15-21)26(19-6-2-1-3-7-19)27(32)24-18-29-25-9-5-4-8-23(24)25/h1-13,18,21,26,29-30H,14-17H2. The van der Waals surface area contributed by atoms with Crippen molar-refractivity contribution in [2.45, 2.75) is 29.8 Å². The Kier molecular flexibility index (Phi) is 6.51. The summed E-state index contributed by atoms with van der Waals surface area (Å²) in [5.41, 5.74) is 2.47. The van der Waals surface area contributed by atoms with Crippen molar-refractivity contribution in [2.75, 3.05) is 13.1 Å². The van der Waals surface area contributed by atoms with E-state index in [-0.39, 0.29) is 16.7 Å². The van der Waals surface area contributed by atoms with E-state index in [4.69, 9.17) is 0 Å². The molecule has 180 valence electrons. The Labute approximate surface area is 203 Å². The molecule has 1 aromatic heterocycles. The second-order valence-corrected chi connectivity index (χ2v) is 10.5. The summed E-state index contributed by atoms with van der Waals surface area (Å²) in [6.45, 7) is 1.12. The Morgan fingerprint density at radius 2 is 1.60 bits per heavy atom. The number of Topliss-reactive ketones (excluding diaryl/α,β-unsaturated/α-hetero) is 1. The largest absolute Gasteiger partial charge is 0.360 e. The number of carbonyl (C=O) groups excluding carboxylic acids is 1. The Bertz CT molecular complexity index is 1430. The maximum Gasteiger partial charge on any atom is 0.240 e. The molecule has 3 aromatic carbocycles. The number of nitrogens with zero attached hydrogens (tertiary/aromatic N) is 1. The Balaban J connectivity index is 1.35. The van der Waals surface area contributed by atoms with Gasteiger partial charge in [0, 0.05) is 41.8 Å². The minimum absolute atomic E-state index is 0.0130. The fourth-order valence-corrected chi connectivity index (χ4v) is 6.07. The number of aromatic nitrogens is 1. The highest BCUT2D eigenvalue weighted by Crippen LogP contribution is 2.31. The number of halogens is 1. The number of carbonyl (C=O) groups is 1. The number of piperidine rings is 1. The second kappa shape index (κ2) is 9.73. The number of aromatic amines is 1. The normalized spacial score (nSPS) is 16.4. The quantitative estimate of drug-likeness (QED) is 0.368. The number of benzene rings is 3. The predicted octanol–water partition coefficient (Wildman–Crippen LogP) is 4.67. The van der Waals surface area contributed by atoms with Crippen LogP contribution >= 0.6 is 0 Å². The van der Waals surface area contributed by atoms with Crippen LogP contribution in [-0.4, -0.2) is 43.2 Å². The second-order valence-electron chi connectivity index (χ2n) is 8.81. The van der Waals surface area contributed by atoms with E-state index in [9.17, 15) is 17.6 Å². The molecule has 2 heterocycles. The number of H-pyrrole nitrogens is 1. The van der Waals surface area contributed by atoms with E-state index in [0.29, 0.717) is 31.5 Å². The van der Waals surface area contributed by atoms with E-state index in [1.807, 2.05) is 54.6 Å². The first-order chi connectivity index (χ1) is 16.9. The van der Waals surface area contributed by atoms with Crippen molar-refractivity contribution in [1.82, 2.24) is 14.6 Å². The van der Waals surface area contributed by atoms with Gasteiger partial charge in [-0.3, -0.25) is 9.69 Å². The van der Waals surface area contributed by atoms with Crippen LogP contribution in [0.25, 0.3) is 10.9 Å². The first kappa shape index (κ1) is 23.4. The highest BCUT2D eigenvalue weighted by molar-refractivity contribution is 7.89. The lowest BCUT2D eigenvalue weighted by Crippen LogP contribution is -2.47. The lowest BCUT2D eigenvalue weighted by Gasteiger charge is -2.37. The molecule has 1 atom stereocenters. The summed E-state index contributed by atoms with van der Waals surface area (Å²) in [4.78, 5) is 19.2. The predicted molar refractivity (Wildman–Crippen MR) is 133 cm³/mol. The van der Waals surface area contributed by atoms with E-state index in [2.05, 4.69) is 14.6 Å². The Morgan fingerprint density at radius 1 is 0.943 bits per heavy atom. The molecule has 1 saturated heterocycles. The van der Waals surface area contributed by atoms with Gasteiger partial charge in [-0.1, -0.05) is 48.5 Å². The molecule has 0 spiro atoms. The van der Waals surface area contributed by atoms with E-state index < -0.39 is 21.9 Å². The van der Waals surface area contributed by atoms with Gasteiger partial charge in [0.25, 0.3) is 0 Å². The zero-order valence-corrected chi connectivity index (χ0v) is 19.8. The molecule has 8 heteroatoms. The minimum atomic E-state index is -3.75. The first-order valence-corrected chi connectivity index (χ1v) is 13.1. The summed E-state index contributed by atoms with van der Waals surface area (Å²) in [6.07, 6.45) is 2.89. The van der Waals surface area contributed by atoms with E-state index in [1.165, 1.54) is 12.1 Å². The molecule has 5 rings (SSSR count). The van der Waals surface area contributed by atoms with Gasteiger partial charge >= 0.3 is 0 Å². The zero-order chi connectivity index (χ0) is 24.4. The minimum Gasteiger partial charge on any atom is -0.360 e. The number of hydrogen-bond acceptors (Lipinski definition) is 4. The Hall–Kier alpha value is -3.33. The number of hydrogen-bond donors (Lipinski definition) is 2. The van der Waals surface area contributed by atoms with Crippen molar-refractivity contribution in [3.8, 4) is 0 Å². The van der Waals surface area contributed by atoms with Crippen molar-refractivity contribution in [3.05, 3.63) is 102 Å². The van der Waals surface area contributed by atoms with Gasteiger partial charge < -0.3 is 4.98 Å². The van der Waals surface area contributed by atoms with Crippen LogP contribution < -0.4 is 4.72 Å². The van der Waals surface area contributed by atoms with Crippen molar-refractivity contribution in [2.24, 2.45) is 0 Å². The molecule has 6 nitrogen and oxygen atoms in total. The number of fused-ring (bicyclic) bond motifs is 1. The van der Waals surface area contributed by atoms with Crippen LogP contribution in [0, 0.1) is 5.82 Å². The molecule has 1 aliphatic heterocycles. The molecule has 0 bridgehead atoms. The first-order valence-electron chi connectivity index (χ1n) is 11.6. The summed E-state index contributed by atoms with van der Waals surface area (Å²) in [5, 5.41) is 0.889. The summed E-state index contributed by atoms with van der Waals surface area (Å²) in [7, 11) is -3.75. The molecule has 2 N–H and O–H groups in total. The lowest BCUT2D eigenvalue weighted by atomic mass is 9.93. The number of rotatable bonds is 7. The molecule has 4 aromatic rings. The summed E-state index contributed by atoms with van der Waals surface area (Å²) < 4.78 is 41.4. The molecular formula is C27H26FN3O3S. The zero-order valence-electron chi connectivity index (χ0n) is 19.0. The average Bonchev–Trinajstić information content (AvgIpc) is 3.30. The van der Waals surface area contributed by atoms with Crippen molar-refractivity contribution < 1.29 is 17.6 Å². The highest BCUT2D eigenvalue weighted by atomic mass is 32.2. The summed E-state index contributed by atoms with van der Waals surface area (Å²) >= 11 is 0. The number of sulfonamides is 1. The average molecular weight is 492 g/mol. The van der Waals surface area contributed by atoms with Crippen LogP contribution in [-0.2, 0) is 10.0 Å². The van der Waals surface area contributed by atoms with Gasteiger partial charge in [-0.2, -0.15) is 0 Å². The number of para-hydroxylation sites is 1. The van der Waals surface area contributed by atoms with Crippen molar-refractivity contribution >= 4 is 26.7 Å². The molecule has 1 fully saturated rings. The van der Waals surface area contributed by atoms with Crippen LogP contribution in [0.4, 0.5) is 4.39 Å². The maximum atomic E-state index is 13.8. The molecular weight excluding hydrogens is 465 g/mol. The third kappa shape index (κ3) is 4.91. The van der Waals surface area contributed by atoms with Gasteiger partial charge in [0.1, 0.15) is 5.82 Å². The van der Waals surface area contributed by atoms with Gasteiger partial charge in [0.2, 0.25) is 10.0 Å². The van der Waals surface area contributed by atoms with Crippen LogP contribution in [0.1, 0.15) is 34.8 Å². The molecule has 1 unspecified atom stereocenters. The topological polar surface area (TPSA) is 82.3 Å². The third-order valence-electron chi connectivity index (χ3n) is 6.56. The Morgan fingerprint density at radius 3 is 2.31 bits per heavy atom. The van der Waals surface area contributed by atoms with Gasteiger partial charge in [-0.05, 0) is 48.7 Å². The van der Waals surface area contributed by atoms with Crippen LogP contribution in [0.2, 0.25) is 0 Å². The monoisotopic (exact) mass is 491 g/mol. The number of likely N-dealkylation sites (tertiary alicyclic amines) is 1. The van der Waals surface area contributed by atoms with E-state index in [0.717, 1.165) is 28.6 Å². The maximum absolute atomic E-state index is 13.8. The molecule has 0 radical (unpaired) electrons. The summed E-state index contributed by atoms with van der Waals surface area (Å²) in [6, 6.07) is 21.5. The molecule has 0 amide bonds. The van der Waals surface area contributed by atoms with Crippen molar-refractivity contribution in [3.63, 3.8) is 0 Å². The van der Waals surface area contributed by atoms with Gasteiger partial charge in [-0.25, -0.2) is 17.5 Å². The summed E-state index contributed by atoms with van der Waals surface area (Å²) in [5.74, 6) is -0.469. The molecule has 1 aliphatic rings. The number of nitrogens with one attached hydrogen (secondary N) is 2.